The highest BCUT2D eigenvalue weighted by Crippen LogP contribution is 2.43. The molecule has 0 unspecified atom stereocenters. The summed E-state index contributed by atoms with van der Waals surface area (Å²) in [4.78, 5) is 14.1. The Kier molecular flexibility index (Phi) is 8.30. The number of piperidine rings is 1. The lowest BCUT2D eigenvalue weighted by molar-refractivity contribution is 0.00129. The summed E-state index contributed by atoms with van der Waals surface area (Å²) in [7, 11) is 1.35. The van der Waals surface area contributed by atoms with Gasteiger partial charge in [0.1, 0.15) is 17.9 Å². The molecule has 2 aromatic carbocycles. The molecule has 10 heteroatoms. The molecule has 0 aliphatic carbocycles. The van der Waals surface area contributed by atoms with E-state index in [9.17, 15) is 4.57 Å². The lowest BCUT2D eigenvalue weighted by Gasteiger charge is -2.53. The van der Waals surface area contributed by atoms with Crippen LogP contribution in [-0.2, 0) is 11.0 Å². The number of rotatable bonds is 8. The standard InChI is InChI=1S/C31H42ClN6O2P/c1-8-22-15-24(27(40-5)16-26(22)38-11-9-31(10-12-38)18-37(4)19-31)35-30-33-17-23(32)29(36-30)34-25-13-20(2)21(3)14-28(25)41(6,7)39/h13-17H,8-12,18-19H2,1-7H3,(H2,33,34,35,36). The Morgan fingerprint density at radius 1 is 1.05 bits per heavy atom. The van der Waals surface area contributed by atoms with Crippen LogP contribution in [-0.4, -0.2) is 68.5 Å². The molecular weight excluding hydrogens is 555 g/mol. The van der Waals surface area contributed by atoms with Gasteiger partial charge in [0.25, 0.3) is 0 Å². The van der Waals surface area contributed by atoms with Crippen LogP contribution in [0, 0.1) is 19.3 Å². The van der Waals surface area contributed by atoms with E-state index in [1.807, 2.05) is 26.0 Å². The van der Waals surface area contributed by atoms with Gasteiger partial charge in [-0.2, -0.15) is 4.98 Å². The molecule has 8 nitrogen and oxygen atoms in total. The van der Waals surface area contributed by atoms with E-state index in [4.69, 9.17) is 21.3 Å². The smallest absolute Gasteiger partial charge is 0.229 e. The Bertz CT molecular complexity index is 1490. The molecule has 3 aromatic rings. The molecule has 220 valence electrons. The summed E-state index contributed by atoms with van der Waals surface area (Å²) in [5.74, 6) is 1.57. The third kappa shape index (κ3) is 6.20. The maximum absolute atomic E-state index is 13.1. The van der Waals surface area contributed by atoms with Crippen LogP contribution in [0.1, 0.15) is 36.5 Å². The summed E-state index contributed by atoms with van der Waals surface area (Å²) < 4.78 is 18.9. The highest BCUT2D eigenvalue weighted by Gasteiger charge is 2.43. The predicted octanol–water partition coefficient (Wildman–Crippen LogP) is 6.59. The molecule has 5 rings (SSSR count). The highest BCUT2D eigenvalue weighted by molar-refractivity contribution is 7.70. The maximum Gasteiger partial charge on any atom is 0.229 e. The molecule has 3 heterocycles. The molecule has 2 N–H and O–H groups in total. The van der Waals surface area contributed by atoms with Crippen LogP contribution in [0.3, 0.4) is 0 Å². The number of hydrogen-bond acceptors (Lipinski definition) is 8. The van der Waals surface area contributed by atoms with Crippen LogP contribution < -0.4 is 25.6 Å². The van der Waals surface area contributed by atoms with Crippen molar-refractivity contribution in [2.24, 2.45) is 5.41 Å². The molecule has 0 radical (unpaired) electrons. The minimum Gasteiger partial charge on any atom is -0.494 e. The number of nitrogens with zero attached hydrogens (tertiary/aromatic N) is 4. The van der Waals surface area contributed by atoms with Crippen LogP contribution in [0.25, 0.3) is 0 Å². The number of nitrogens with one attached hydrogen (secondary N) is 2. The topological polar surface area (TPSA) is 82.6 Å². The third-order valence-electron chi connectivity index (χ3n) is 8.59. The summed E-state index contributed by atoms with van der Waals surface area (Å²) in [6, 6.07) is 8.27. The summed E-state index contributed by atoms with van der Waals surface area (Å²) in [5.41, 5.74) is 6.71. The quantitative estimate of drug-likeness (QED) is 0.282. The molecule has 2 fully saturated rings. The first-order chi connectivity index (χ1) is 19.4. The highest BCUT2D eigenvalue weighted by atomic mass is 35.5. The molecule has 0 saturated carbocycles. The number of ether oxygens (including phenoxy) is 1. The van der Waals surface area contributed by atoms with Gasteiger partial charge in [0.05, 0.1) is 24.7 Å². The van der Waals surface area contributed by atoms with Gasteiger partial charge in [-0.25, -0.2) is 4.98 Å². The van der Waals surface area contributed by atoms with Gasteiger partial charge in [-0.15, -0.1) is 0 Å². The van der Waals surface area contributed by atoms with E-state index in [1.54, 1.807) is 26.6 Å². The number of aryl methyl sites for hydroxylation is 3. The minimum absolute atomic E-state index is 0.374. The van der Waals surface area contributed by atoms with Crippen molar-refractivity contribution in [2.75, 3.05) is 69.2 Å². The SMILES string of the molecule is CCc1cc(Nc2ncc(Cl)c(Nc3cc(C)c(C)cc3P(C)(C)=O)n2)c(OC)cc1N1CCC2(CC1)CN(C)C2. The van der Waals surface area contributed by atoms with E-state index in [2.05, 4.69) is 51.5 Å². The summed E-state index contributed by atoms with van der Waals surface area (Å²) in [6.07, 6.45) is 4.92. The Labute approximate surface area is 249 Å². The van der Waals surface area contributed by atoms with E-state index in [1.165, 1.54) is 37.2 Å². The fourth-order valence-electron chi connectivity index (χ4n) is 6.20. The number of likely N-dealkylation sites (tertiary alicyclic amines) is 1. The number of anilines is 5. The molecule has 1 aromatic heterocycles. The van der Waals surface area contributed by atoms with E-state index in [0.717, 1.165) is 53.1 Å². The Hall–Kier alpha value is -2.80. The van der Waals surface area contributed by atoms with E-state index in [0.29, 0.717) is 22.2 Å². The number of halogens is 1. The van der Waals surface area contributed by atoms with E-state index < -0.39 is 7.14 Å². The zero-order chi connectivity index (χ0) is 29.5. The summed E-state index contributed by atoms with van der Waals surface area (Å²) in [6.45, 7) is 14.3. The van der Waals surface area contributed by atoms with Crippen molar-refractivity contribution in [3.05, 3.63) is 52.2 Å². The van der Waals surface area contributed by atoms with Gasteiger partial charge in [-0.3, -0.25) is 0 Å². The van der Waals surface area contributed by atoms with Gasteiger partial charge < -0.3 is 29.7 Å². The second-order valence-electron chi connectivity index (χ2n) is 12.1. The van der Waals surface area contributed by atoms with Crippen LogP contribution in [0.2, 0.25) is 5.02 Å². The fourth-order valence-corrected chi connectivity index (χ4v) is 7.55. The average molecular weight is 597 g/mol. The van der Waals surface area contributed by atoms with Crippen LogP contribution in [0.4, 0.5) is 28.8 Å². The zero-order valence-corrected chi connectivity index (χ0v) is 26.9. The molecule has 41 heavy (non-hydrogen) atoms. The van der Waals surface area contributed by atoms with E-state index >= 15 is 0 Å². The normalized spacial score (nSPS) is 16.9. The molecule has 2 aliphatic heterocycles. The molecule has 0 bridgehead atoms. The largest absolute Gasteiger partial charge is 0.494 e. The monoisotopic (exact) mass is 596 g/mol. The number of hydrogen-bond donors (Lipinski definition) is 2. The molecular formula is C31H42ClN6O2P. The molecule has 1 spiro atoms. The molecule has 2 aliphatic rings. The lowest BCUT2D eigenvalue weighted by Crippen LogP contribution is -2.58. The van der Waals surface area contributed by atoms with Crippen LogP contribution >= 0.6 is 18.7 Å². The second kappa shape index (κ2) is 11.5. The van der Waals surface area contributed by atoms with Gasteiger partial charge in [-0.05, 0) is 93.8 Å². The van der Waals surface area contributed by atoms with Crippen LogP contribution in [0.5, 0.6) is 5.75 Å². The number of aromatic nitrogens is 2. The van der Waals surface area contributed by atoms with Crippen LogP contribution in [0.15, 0.2) is 30.5 Å². The van der Waals surface area contributed by atoms with Crippen molar-refractivity contribution >= 4 is 52.9 Å². The average Bonchev–Trinajstić information content (AvgIpc) is 2.91. The Balaban J connectivity index is 1.40. The van der Waals surface area contributed by atoms with Crippen molar-refractivity contribution in [1.82, 2.24) is 14.9 Å². The maximum atomic E-state index is 13.1. The second-order valence-corrected chi connectivity index (χ2v) is 15.7. The zero-order valence-electron chi connectivity index (χ0n) is 25.3. The van der Waals surface area contributed by atoms with Crippen molar-refractivity contribution in [2.45, 2.75) is 40.0 Å². The number of methoxy groups -OCH3 is 1. The van der Waals surface area contributed by atoms with Gasteiger partial charge in [0, 0.05) is 43.2 Å². The first-order valence-electron chi connectivity index (χ1n) is 14.3. The van der Waals surface area contributed by atoms with Crippen molar-refractivity contribution in [3.63, 3.8) is 0 Å². The number of benzene rings is 2. The van der Waals surface area contributed by atoms with Crippen molar-refractivity contribution in [1.29, 1.82) is 0 Å². The third-order valence-corrected chi connectivity index (χ3v) is 10.4. The molecule has 0 atom stereocenters. The lowest BCUT2D eigenvalue weighted by atomic mass is 9.72. The van der Waals surface area contributed by atoms with Gasteiger partial charge in [0.2, 0.25) is 5.95 Å². The van der Waals surface area contributed by atoms with Gasteiger partial charge in [0.15, 0.2) is 5.82 Å². The van der Waals surface area contributed by atoms with Gasteiger partial charge in [-0.1, -0.05) is 18.5 Å². The first-order valence-corrected chi connectivity index (χ1v) is 17.3. The van der Waals surface area contributed by atoms with Crippen molar-refractivity contribution < 1.29 is 9.30 Å². The first kappa shape index (κ1) is 29.7. The minimum atomic E-state index is -2.55. The Morgan fingerprint density at radius 3 is 2.34 bits per heavy atom. The summed E-state index contributed by atoms with van der Waals surface area (Å²) in [5, 5.41) is 7.83. The molecule has 0 amide bonds. The fraction of sp³-hybridized carbons (Fsp3) is 0.484. The summed E-state index contributed by atoms with van der Waals surface area (Å²) >= 11 is 6.53. The van der Waals surface area contributed by atoms with Crippen molar-refractivity contribution in [3.8, 4) is 5.75 Å². The van der Waals surface area contributed by atoms with E-state index in [-0.39, 0.29) is 0 Å². The predicted molar refractivity (Wildman–Crippen MR) is 172 cm³/mol. The Morgan fingerprint density at radius 2 is 1.73 bits per heavy atom. The molecule has 2 saturated heterocycles. The van der Waals surface area contributed by atoms with Gasteiger partial charge >= 0.3 is 0 Å².